The van der Waals surface area contributed by atoms with Crippen molar-refractivity contribution < 1.29 is 4.79 Å². The number of nitrogens with one attached hydrogen (secondary N) is 1. The Morgan fingerprint density at radius 1 is 1.60 bits per heavy atom. The average molecular weight is 288 g/mol. The van der Waals surface area contributed by atoms with Gasteiger partial charge >= 0.3 is 0 Å². The van der Waals surface area contributed by atoms with Crippen LogP contribution in [0.3, 0.4) is 0 Å². The fraction of sp³-hybridized carbons (Fsp3) is 0.545. The van der Waals surface area contributed by atoms with Gasteiger partial charge in [-0.2, -0.15) is 0 Å². The molecule has 0 saturated carbocycles. The summed E-state index contributed by atoms with van der Waals surface area (Å²) in [6.07, 6.45) is 2.78. The number of rotatable bonds is 3. The Bertz CT molecular complexity index is 344. The van der Waals surface area contributed by atoms with Crippen molar-refractivity contribution in [3.05, 3.63) is 20.8 Å². The average Bonchev–Trinajstić information content (AvgIpc) is 2.65. The smallest absolute Gasteiger partial charge is 0.142 e. The van der Waals surface area contributed by atoms with Crippen molar-refractivity contribution >= 4 is 33.0 Å². The van der Waals surface area contributed by atoms with E-state index < -0.39 is 0 Å². The van der Waals surface area contributed by atoms with Crippen LogP contribution in [0.1, 0.15) is 17.7 Å². The summed E-state index contributed by atoms with van der Waals surface area (Å²) in [5.41, 5.74) is 0. The number of carbonyl (C=O) groups excluding carboxylic acids is 1. The van der Waals surface area contributed by atoms with Crippen molar-refractivity contribution in [2.24, 2.45) is 5.92 Å². The van der Waals surface area contributed by atoms with E-state index in [4.69, 9.17) is 0 Å². The molecule has 0 bridgehead atoms. The molecular weight excluding hydrogens is 274 g/mol. The molecule has 1 aromatic heterocycles. The third kappa shape index (κ3) is 3.13. The zero-order chi connectivity index (χ0) is 10.7. The minimum atomic E-state index is 0.236. The van der Waals surface area contributed by atoms with Crippen LogP contribution in [0.4, 0.5) is 0 Å². The van der Waals surface area contributed by atoms with Crippen molar-refractivity contribution in [2.75, 3.05) is 13.1 Å². The summed E-state index contributed by atoms with van der Waals surface area (Å²) in [6, 6.07) is 4.04. The molecule has 1 atom stereocenters. The van der Waals surface area contributed by atoms with E-state index in [2.05, 4.69) is 21.2 Å². The molecule has 4 heteroatoms. The van der Waals surface area contributed by atoms with Crippen LogP contribution in [0.25, 0.3) is 0 Å². The molecule has 0 aromatic carbocycles. The first kappa shape index (κ1) is 11.3. The molecule has 1 aromatic rings. The number of halogens is 1. The first-order chi connectivity index (χ1) is 7.25. The maximum atomic E-state index is 11.9. The van der Waals surface area contributed by atoms with Crippen LogP contribution >= 0.6 is 27.3 Å². The van der Waals surface area contributed by atoms with Crippen LogP contribution < -0.4 is 5.32 Å². The van der Waals surface area contributed by atoms with Gasteiger partial charge in [0.15, 0.2) is 0 Å². The number of carbonyl (C=O) groups is 1. The van der Waals surface area contributed by atoms with Crippen LogP contribution in [0.5, 0.6) is 0 Å². The highest BCUT2D eigenvalue weighted by molar-refractivity contribution is 9.11. The molecule has 2 heterocycles. The summed E-state index contributed by atoms with van der Waals surface area (Å²) in [4.78, 5) is 13.1. The standard InChI is InChI=1S/C11H14BrNOS/c12-11-4-3-9(15-11)6-10(14)8-2-1-5-13-7-8/h3-4,8,13H,1-2,5-7H2. The molecule has 1 aliphatic heterocycles. The maximum absolute atomic E-state index is 11.9. The molecule has 1 aliphatic rings. The van der Waals surface area contributed by atoms with Crippen LogP contribution in [0, 0.1) is 5.92 Å². The fourth-order valence-corrected chi connectivity index (χ4v) is 3.38. The lowest BCUT2D eigenvalue weighted by molar-refractivity contribution is -0.122. The number of ketones is 1. The monoisotopic (exact) mass is 287 g/mol. The van der Waals surface area contributed by atoms with Gasteiger partial charge in [0.2, 0.25) is 0 Å². The predicted molar refractivity (Wildman–Crippen MR) is 66.3 cm³/mol. The number of Topliss-reactive ketones (excluding diaryl/α,β-unsaturated/α-hetero) is 1. The fourth-order valence-electron chi connectivity index (χ4n) is 1.89. The molecule has 2 rings (SSSR count). The van der Waals surface area contributed by atoms with Gasteiger partial charge < -0.3 is 5.32 Å². The number of piperidine rings is 1. The normalized spacial score (nSPS) is 21.5. The minimum Gasteiger partial charge on any atom is -0.316 e. The Hall–Kier alpha value is -0.190. The molecule has 15 heavy (non-hydrogen) atoms. The van der Waals surface area contributed by atoms with Gasteiger partial charge in [-0.25, -0.2) is 0 Å². The second-order valence-electron chi connectivity index (χ2n) is 3.89. The van der Waals surface area contributed by atoms with Crippen molar-refractivity contribution in [1.82, 2.24) is 5.32 Å². The summed E-state index contributed by atoms with van der Waals surface area (Å²) < 4.78 is 1.10. The topological polar surface area (TPSA) is 29.1 Å². The number of hydrogen-bond acceptors (Lipinski definition) is 3. The molecule has 1 fully saturated rings. The van der Waals surface area contributed by atoms with Crippen LogP contribution in [0.2, 0.25) is 0 Å². The Labute approximate surface area is 102 Å². The van der Waals surface area contributed by atoms with Crippen molar-refractivity contribution in [1.29, 1.82) is 0 Å². The van der Waals surface area contributed by atoms with Gasteiger partial charge in [-0.1, -0.05) is 0 Å². The van der Waals surface area contributed by atoms with Gasteiger partial charge in [-0.15, -0.1) is 11.3 Å². The zero-order valence-corrected chi connectivity index (χ0v) is 10.9. The Morgan fingerprint density at radius 3 is 3.07 bits per heavy atom. The Kier molecular flexibility index (Phi) is 3.94. The van der Waals surface area contributed by atoms with E-state index in [1.807, 2.05) is 12.1 Å². The first-order valence-electron chi connectivity index (χ1n) is 5.23. The van der Waals surface area contributed by atoms with E-state index >= 15 is 0 Å². The molecule has 0 spiro atoms. The van der Waals surface area contributed by atoms with E-state index in [0.29, 0.717) is 12.2 Å². The molecule has 0 amide bonds. The third-order valence-electron chi connectivity index (χ3n) is 2.73. The summed E-state index contributed by atoms with van der Waals surface area (Å²) in [7, 11) is 0. The Balaban J connectivity index is 1.91. The Morgan fingerprint density at radius 2 is 2.47 bits per heavy atom. The lowest BCUT2D eigenvalue weighted by atomic mass is 9.93. The van der Waals surface area contributed by atoms with Crippen LogP contribution in [-0.4, -0.2) is 18.9 Å². The van der Waals surface area contributed by atoms with Crippen molar-refractivity contribution in [2.45, 2.75) is 19.3 Å². The van der Waals surface area contributed by atoms with Gasteiger partial charge in [0.1, 0.15) is 5.78 Å². The first-order valence-corrected chi connectivity index (χ1v) is 6.84. The van der Waals surface area contributed by atoms with Gasteiger partial charge in [0.25, 0.3) is 0 Å². The molecule has 0 radical (unpaired) electrons. The van der Waals surface area contributed by atoms with E-state index in [1.165, 1.54) is 0 Å². The highest BCUT2D eigenvalue weighted by atomic mass is 79.9. The highest BCUT2D eigenvalue weighted by Crippen LogP contribution is 2.24. The number of hydrogen-bond donors (Lipinski definition) is 1. The van der Waals surface area contributed by atoms with E-state index in [-0.39, 0.29) is 5.92 Å². The summed E-state index contributed by atoms with van der Waals surface area (Å²) >= 11 is 5.07. The van der Waals surface area contributed by atoms with Gasteiger partial charge in [-0.3, -0.25) is 4.79 Å². The number of thiophene rings is 1. The lowest BCUT2D eigenvalue weighted by Crippen LogP contribution is -2.34. The molecule has 2 nitrogen and oxygen atoms in total. The predicted octanol–water partition coefficient (Wildman–Crippen LogP) is 2.62. The molecular formula is C11H14BrNOS. The van der Waals surface area contributed by atoms with Gasteiger partial charge in [0.05, 0.1) is 3.79 Å². The largest absolute Gasteiger partial charge is 0.316 e. The summed E-state index contributed by atoms with van der Waals surface area (Å²) in [5, 5.41) is 3.28. The summed E-state index contributed by atoms with van der Waals surface area (Å²) in [5.74, 6) is 0.621. The van der Waals surface area contributed by atoms with Gasteiger partial charge in [-0.05, 0) is 47.4 Å². The second-order valence-corrected chi connectivity index (χ2v) is 6.44. The van der Waals surface area contributed by atoms with Gasteiger partial charge in [0, 0.05) is 23.8 Å². The second kappa shape index (κ2) is 5.23. The molecule has 1 saturated heterocycles. The SMILES string of the molecule is O=C(Cc1ccc(Br)s1)C1CCCNC1. The van der Waals surface area contributed by atoms with Crippen molar-refractivity contribution in [3.63, 3.8) is 0 Å². The van der Waals surface area contributed by atoms with E-state index in [9.17, 15) is 4.79 Å². The minimum absolute atomic E-state index is 0.236. The third-order valence-corrected chi connectivity index (χ3v) is 4.35. The maximum Gasteiger partial charge on any atom is 0.142 e. The quantitative estimate of drug-likeness (QED) is 0.926. The molecule has 1 unspecified atom stereocenters. The van der Waals surface area contributed by atoms with E-state index in [1.54, 1.807) is 11.3 Å². The highest BCUT2D eigenvalue weighted by Gasteiger charge is 2.21. The van der Waals surface area contributed by atoms with E-state index in [0.717, 1.165) is 34.6 Å². The zero-order valence-electron chi connectivity index (χ0n) is 8.46. The molecule has 0 aliphatic carbocycles. The lowest BCUT2D eigenvalue weighted by Gasteiger charge is -2.21. The van der Waals surface area contributed by atoms with Crippen molar-refractivity contribution in [3.8, 4) is 0 Å². The van der Waals surface area contributed by atoms with Crippen LogP contribution in [0.15, 0.2) is 15.9 Å². The molecule has 82 valence electrons. The van der Waals surface area contributed by atoms with Crippen LogP contribution in [-0.2, 0) is 11.2 Å². The summed E-state index contributed by atoms with van der Waals surface area (Å²) in [6.45, 7) is 1.93. The molecule has 1 N–H and O–H groups in total.